The summed E-state index contributed by atoms with van der Waals surface area (Å²) in [5.41, 5.74) is 8.33. The van der Waals surface area contributed by atoms with Gasteiger partial charge < -0.3 is 11.1 Å². The molecule has 2 aromatic rings. The largest absolute Gasteiger partial charge is 0.388 e. The lowest BCUT2D eigenvalue weighted by Gasteiger charge is -2.07. The van der Waals surface area contributed by atoms with Gasteiger partial charge in [-0.05, 0) is 18.2 Å². The zero-order chi connectivity index (χ0) is 13.0. The summed E-state index contributed by atoms with van der Waals surface area (Å²) < 4.78 is 1.87. The number of thiocarbonyl (C=S) groups is 1. The quantitative estimate of drug-likeness (QED) is 0.789. The molecule has 0 aliphatic rings. The summed E-state index contributed by atoms with van der Waals surface area (Å²) in [6.07, 6.45) is 4.40. The summed E-state index contributed by atoms with van der Waals surface area (Å²) in [4.78, 5) is 4.40. The fourth-order valence-electron chi connectivity index (χ4n) is 1.66. The van der Waals surface area contributed by atoms with E-state index in [-0.39, 0.29) is 0 Å². The summed E-state index contributed by atoms with van der Waals surface area (Å²) in [6.45, 7) is 0.820. The maximum absolute atomic E-state index is 5.54. The summed E-state index contributed by atoms with van der Waals surface area (Å²) in [5.74, 6) is 0. The normalized spacial score (nSPS) is 10.3. The van der Waals surface area contributed by atoms with Crippen LogP contribution in [0.2, 0.25) is 0 Å². The van der Waals surface area contributed by atoms with Crippen LogP contribution in [0.4, 0.5) is 5.69 Å². The van der Waals surface area contributed by atoms with Crippen molar-refractivity contribution in [2.24, 2.45) is 12.8 Å². The smallest absolute Gasteiger partial charge is 0.122 e. The van der Waals surface area contributed by atoms with Gasteiger partial charge in [0.05, 0.1) is 5.69 Å². The first-order valence-electron chi connectivity index (χ1n) is 5.63. The van der Waals surface area contributed by atoms with E-state index in [1.165, 1.54) is 5.69 Å². The number of nitrogens with one attached hydrogen (secondary N) is 1. The van der Waals surface area contributed by atoms with Crippen LogP contribution in [-0.4, -0.2) is 26.3 Å². The summed E-state index contributed by atoms with van der Waals surface area (Å²) in [6, 6.07) is 5.76. The van der Waals surface area contributed by atoms with E-state index in [0.717, 1.165) is 18.7 Å². The monoisotopic (exact) mass is 261 g/mol. The van der Waals surface area contributed by atoms with Gasteiger partial charge in [-0.2, -0.15) is 5.10 Å². The molecule has 5 nitrogen and oxygen atoms in total. The Kier molecular flexibility index (Phi) is 3.88. The first-order chi connectivity index (χ1) is 8.66. The van der Waals surface area contributed by atoms with Crippen LogP contribution in [0.15, 0.2) is 30.6 Å². The van der Waals surface area contributed by atoms with Crippen molar-refractivity contribution < 1.29 is 0 Å². The van der Waals surface area contributed by atoms with Crippen LogP contribution in [0.25, 0.3) is 0 Å². The molecule has 0 bridgehead atoms. The lowest BCUT2D eigenvalue weighted by Crippen LogP contribution is -2.13. The number of nitrogens with two attached hydrogens (primary N) is 1. The number of nitrogens with zero attached hydrogens (tertiary/aromatic N) is 3. The van der Waals surface area contributed by atoms with Crippen LogP contribution in [0, 0.1) is 0 Å². The van der Waals surface area contributed by atoms with Crippen LogP contribution < -0.4 is 11.1 Å². The Morgan fingerprint density at radius 2 is 2.28 bits per heavy atom. The molecule has 0 fully saturated rings. The summed E-state index contributed by atoms with van der Waals surface area (Å²) in [5, 5.41) is 7.43. The predicted octanol–water partition coefficient (Wildman–Crippen LogP) is 1.10. The molecule has 0 aliphatic heterocycles. The minimum absolute atomic E-state index is 0.310. The van der Waals surface area contributed by atoms with Gasteiger partial charge in [0.25, 0.3) is 0 Å². The lowest BCUT2D eigenvalue weighted by atomic mass is 10.3. The van der Waals surface area contributed by atoms with Gasteiger partial charge in [-0.1, -0.05) is 12.2 Å². The fourth-order valence-corrected chi connectivity index (χ4v) is 1.77. The predicted molar refractivity (Wildman–Crippen MR) is 75.5 cm³/mol. The molecule has 2 heterocycles. The first kappa shape index (κ1) is 12.5. The van der Waals surface area contributed by atoms with Gasteiger partial charge in [0.15, 0.2) is 0 Å². The topological polar surface area (TPSA) is 68.8 Å². The maximum Gasteiger partial charge on any atom is 0.122 e. The lowest BCUT2D eigenvalue weighted by molar-refractivity contribution is 0.711. The highest BCUT2D eigenvalue weighted by atomic mass is 32.1. The van der Waals surface area contributed by atoms with Crippen molar-refractivity contribution in [1.82, 2.24) is 14.8 Å². The molecular weight excluding hydrogens is 246 g/mol. The first-order valence-corrected chi connectivity index (χ1v) is 6.04. The van der Waals surface area contributed by atoms with Crippen molar-refractivity contribution >= 4 is 22.9 Å². The molecule has 2 rings (SSSR count). The molecule has 0 aromatic carbocycles. The molecular formula is C12H15N5S. The molecule has 0 spiro atoms. The standard InChI is InChI=1S/C12H15N5S/c1-17-10(4-7-16-17)3-6-14-9-2-5-15-11(8-9)12(13)18/h2,4-5,7-8H,3,6H2,1H3,(H2,13,18)(H,14,15). The Labute approximate surface area is 111 Å². The zero-order valence-electron chi connectivity index (χ0n) is 10.1. The molecule has 6 heteroatoms. The van der Waals surface area contributed by atoms with E-state index in [4.69, 9.17) is 18.0 Å². The van der Waals surface area contributed by atoms with Crippen LogP contribution in [-0.2, 0) is 13.5 Å². The van der Waals surface area contributed by atoms with E-state index >= 15 is 0 Å². The SMILES string of the molecule is Cn1nccc1CCNc1ccnc(C(N)=S)c1. The molecule has 3 N–H and O–H groups in total. The van der Waals surface area contributed by atoms with Crippen molar-refractivity contribution in [3.8, 4) is 0 Å². The van der Waals surface area contributed by atoms with Crippen LogP contribution in [0.1, 0.15) is 11.4 Å². The highest BCUT2D eigenvalue weighted by Crippen LogP contribution is 2.08. The van der Waals surface area contributed by atoms with E-state index in [9.17, 15) is 0 Å². The molecule has 0 saturated carbocycles. The number of rotatable bonds is 5. The van der Waals surface area contributed by atoms with E-state index in [1.54, 1.807) is 12.4 Å². The van der Waals surface area contributed by atoms with Crippen molar-refractivity contribution in [2.75, 3.05) is 11.9 Å². The Hall–Kier alpha value is -1.95. The van der Waals surface area contributed by atoms with E-state index < -0.39 is 0 Å². The number of hydrogen-bond donors (Lipinski definition) is 2. The van der Waals surface area contributed by atoms with Crippen LogP contribution >= 0.6 is 12.2 Å². The van der Waals surface area contributed by atoms with Gasteiger partial charge in [-0.15, -0.1) is 0 Å². The molecule has 0 atom stereocenters. The van der Waals surface area contributed by atoms with Crippen molar-refractivity contribution in [2.45, 2.75) is 6.42 Å². The van der Waals surface area contributed by atoms with Crippen LogP contribution in [0.3, 0.4) is 0 Å². The zero-order valence-corrected chi connectivity index (χ0v) is 10.9. The molecule has 18 heavy (non-hydrogen) atoms. The number of anilines is 1. The van der Waals surface area contributed by atoms with Crippen LogP contribution in [0.5, 0.6) is 0 Å². The van der Waals surface area contributed by atoms with Crippen molar-refractivity contribution in [3.05, 3.63) is 42.0 Å². The van der Waals surface area contributed by atoms with E-state index in [2.05, 4.69) is 15.4 Å². The minimum atomic E-state index is 0.310. The van der Waals surface area contributed by atoms with E-state index in [1.807, 2.05) is 29.9 Å². The van der Waals surface area contributed by atoms with E-state index in [0.29, 0.717) is 10.7 Å². The number of aryl methyl sites for hydroxylation is 1. The van der Waals surface area contributed by atoms with Gasteiger partial charge in [0.1, 0.15) is 4.99 Å². The third kappa shape index (κ3) is 3.04. The third-order valence-corrected chi connectivity index (χ3v) is 2.85. The molecule has 0 amide bonds. The molecule has 0 aliphatic carbocycles. The second-order valence-electron chi connectivity index (χ2n) is 3.92. The Morgan fingerprint density at radius 3 is 2.94 bits per heavy atom. The highest BCUT2D eigenvalue weighted by molar-refractivity contribution is 7.80. The van der Waals surface area contributed by atoms with Gasteiger partial charge in [0.2, 0.25) is 0 Å². The highest BCUT2D eigenvalue weighted by Gasteiger charge is 2.01. The van der Waals surface area contributed by atoms with Gasteiger partial charge >= 0.3 is 0 Å². The summed E-state index contributed by atoms with van der Waals surface area (Å²) >= 11 is 4.89. The average molecular weight is 261 g/mol. The van der Waals surface area contributed by atoms with Gasteiger partial charge in [-0.25, -0.2) is 0 Å². The molecule has 94 valence electrons. The second-order valence-corrected chi connectivity index (χ2v) is 4.36. The second kappa shape index (κ2) is 5.59. The molecule has 0 saturated heterocycles. The van der Waals surface area contributed by atoms with Gasteiger partial charge in [-0.3, -0.25) is 9.67 Å². The van der Waals surface area contributed by atoms with Crippen molar-refractivity contribution in [3.63, 3.8) is 0 Å². The minimum Gasteiger partial charge on any atom is -0.388 e. The Bertz CT molecular complexity index is 549. The summed E-state index contributed by atoms with van der Waals surface area (Å²) in [7, 11) is 1.94. The molecule has 0 unspecified atom stereocenters. The Morgan fingerprint density at radius 1 is 1.44 bits per heavy atom. The molecule has 0 radical (unpaired) electrons. The number of hydrogen-bond acceptors (Lipinski definition) is 4. The Balaban J connectivity index is 1.92. The number of pyridine rings is 1. The third-order valence-electron chi connectivity index (χ3n) is 2.65. The fraction of sp³-hybridized carbons (Fsp3) is 0.250. The average Bonchev–Trinajstić information content (AvgIpc) is 2.76. The van der Waals surface area contributed by atoms with Crippen molar-refractivity contribution in [1.29, 1.82) is 0 Å². The van der Waals surface area contributed by atoms with Gasteiger partial charge in [0, 0.05) is 43.8 Å². The maximum atomic E-state index is 5.54. The number of aromatic nitrogens is 3. The molecule has 2 aromatic heterocycles.